The average molecular weight is 298 g/mol. The quantitative estimate of drug-likeness (QED) is 0.881. The molecule has 1 N–H and O–H groups in total. The molecule has 2 aromatic rings. The first-order valence-electron chi connectivity index (χ1n) is 6.03. The van der Waals surface area contributed by atoms with Crippen LogP contribution >= 0.6 is 0 Å². The third kappa shape index (κ3) is 2.67. The first kappa shape index (κ1) is 15.2. The molecule has 0 radical (unpaired) electrons. The van der Waals surface area contributed by atoms with E-state index in [2.05, 4.69) is 0 Å². The molecule has 0 amide bonds. The van der Waals surface area contributed by atoms with Crippen molar-refractivity contribution in [3.8, 4) is 11.5 Å². The van der Waals surface area contributed by atoms with Crippen LogP contribution in [0.5, 0.6) is 11.5 Å². The van der Waals surface area contributed by atoms with Crippen molar-refractivity contribution in [2.75, 3.05) is 14.2 Å². The van der Waals surface area contributed by atoms with Crippen LogP contribution in [0.15, 0.2) is 30.3 Å². The van der Waals surface area contributed by atoms with E-state index in [0.717, 1.165) is 12.1 Å². The Labute approximate surface area is 119 Å². The SMILES string of the molecule is COc1cccc(C(O)c2ccc(F)c(F)c2F)c1OC. The van der Waals surface area contributed by atoms with Crippen LogP contribution in [0.25, 0.3) is 0 Å². The highest BCUT2D eigenvalue weighted by Crippen LogP contribution is 2.38. The van der Waals surface area contributed by atoms with Crippen LogP contribution in [0.1, 0.15) is 17.2 Å². The van der Waals surface area contributed by atoms with Gasteiger partial charge < -0.3 is 14.6 Å². The van der Waals surface area contributed by atoms with Gasteiger partial charge in [-0.3, -0.25) is 0 Å². The van der Waals surface area contributed by atoms with E-state index in [1.165, 1.54) is 20.3 Å². The predicted molar refractivity (Wildman–Crippen MR) is 69.9 cm³/mol. The Morgan fingerprint density at radius 2 is 1.62 bits per heavy atom. The number of para-hydroxylation sites is 1. The number of hydrogen-bond acceptors (Lipinski definition) is 3. The van der Waals surface area contributed by atoms with E-state index in [9.17, 15) is 18.3 Å². The summed E-state index contributed by atoms with van der Waals surface area (Å²) in [7, 11) is 2.77. The third-order valence-corrected chi connectivity index (χ3v) is 3.09. The molecule has 0 aromatic heterocycles. The zero-order chi connectivity index (χ0) is 15.6. The molecular formula is C15H13F3O3. The van der Waals surface area contributed by atoms with Gasteiger partial charge >= 0.3 is 0 Å². The van der Waals surface area contributed by atoms with Crippen molar-refractivity contribution >= 4 is 0 Å². The molecule has 0 saturated carbocycles. The highest BCUT2D eigenvalue weighted by Gasteiger charge is 2.24. The number of aliphatic hydroxyl groups is 1. The van der Waals surface area contributed by atoms with Crippen molar-refractivity contribution in [2.45, 2.75) is 6.10 Å². The van der Waals surface area contributed by atoms with Gasteiger partial charge in [-0.25, -0.2) is 13.2 Å². The topological polar surface area (TPSA) is 38.7 Å². The van der Waals surface area contributed by atoms with Gasteiger partial charge in [0.25, 0.3) is 0 Å². The molecule has 21 heavy (non-hydrogen) atoms. The van der Waals surface area contributed by atoms with E-state index in [1.54, 1.807) is 12.1 Å². The number of rotatable bonds is 4. The number of benzene rings is 2. The molecule has 0 fully saturated rings. The summed E-state index contributed by atoms with van der Waals surface area (Å²) in [6, 6.07) is 6.38. The Kier molecular flexibility index (Phi) is 4.37. The van der Waals surface area contributed by atoms with Crippen LogP contribution in [-0.2, 0) is 0 Å². The van der Waals surface area contributed by atoms with Crippen molar-refractivity contribution in [1.29, 1.82) is 0 Å². The number of aliphatic hydroxyl groups excluding tert-OH is 1. The lowest BCUT2D eigenvalue weighted by molar-refractivity contribution is 0.206. The molecule has 2 aromatic carbocycles. The minimum absolute atomic E-state index is 0.182. The fourth-order valence-corrected chi connectivity index (χ4v) is 2.05. The fraction of sp³-hybridized carbons (Fsp3) is 0.200. The van der Waals surface area contributed by atoms with Gasteiger partial charge in [0.1, 0.15) is 6.10 Å². The Morgan fingerprint density at radius 1 is 0.905 bits per heavy atom. The van der Waals surface area contributed by atoms with E-state index in [4.69, 9.17) is 9.47 Å². The summed E-state index contributed by atoms with van der Waals surface area (Å²) < 4.78 is 50.2. The second-order valence-corrected chi connectivity index (χ2v) is 4.25. The standard InChI is InChI=1S/C15H13F3O3/c1-20-11-5-3-4-9(15(11)21-2)14(19)8-6-7-10(16)13(18)12(8)17/h3-7,14,19H,1-2H3. The monoisotopic (exact) mass is 298 g/mol. The van der Waals surface area contributed by atoms with Crippen molar-refractivity contribution in [3.63, 3.8) is 0 Å². The van der Waals surface area contributed by atoms with Gasteiger partial charge in [-0.15, -0.1) is 0 Å². The molecule has 0 bridgehead atoms. The van der Waals surface area contributed by atoms with Gasteiger partial charge in [0.2, 0.25) is 0 Å². The van der Waals surface area contributed by atoms with E-state index >= 15 is 0 Å². The summed E-state index contributed by atoms with van der Waals surface area (Å²) >= 11 is 0. The van der Waals surface area contributed by atoms with E-state index in [1.807, 2.05) is 0 Å². The predicted octanol–water partition coefficient (Wildman–Crippen LogP) is 3.20. The molecule has 0 heterocycles. The molecule has 2 rings (SSSR count). The first-order valence-corrected chi connectivity index (χ1v) is 6.03. The van der Waals surface area contributed by atoms with Gasteiger partial charge in [-0.2, -0.15) is 0 Å². The molecular weight excluding hydrogens is 285 g/mol. The Morgan fingerprint density at radius 3 is 2.24 bits per heavy atom. The van der Waals surface area contributed by atoms with Gasteiger partial charge in [-0.05, 0) is 12.1 Å². The van der Waals surface area contributed by atoms with Crippen LogP contribution in [0.3, 0.4) is 0 Å². The van der Waals surface area contributed by atoms with Crippen molar-refractivity contribution < 1.29 is 27.8 Å². The molecule has 3 nitrogen and oxygen atoms in total. The van der Waals surface area contributed by atoms with E-state index < -0.39 is 23.6 Å². The largest absolute Gasteiger partial charge is 0.493 e. The number of halogens is 3. The summed E-state index contributed by atoms with van der Waals surface area (Å²) in [5.74, 6) is -3.87. The molecule has 0 saturated heterocycles. The summed E-state index contributed by atoms with van der Waals surface area (Å²) in [6.07, 6.45) is -1.52. The zero-order valence-electron chi connectivity index (χ0n) is 11.4. The lowest BCUT2D eigenvalue weighted by Crippen LogP contribution is -2.08. The van der Waals surface area contributed by atoms with Gasteiger partial charge in [0.15, 0.2) is 29.0 Å². The number of hydrogen-bond donors (Lipinski definition) is 1. The third-order valence-electron chi connectivity index (χ3n) is 3.09. The molecule has 0 aliphatic carbocycles. The number of ether oxygens (including phenoxy) is 2. The van der Waals surface area contributed by atoms with Crippen LogP contribution in [-0.4, -0.2) is 19.3 Å². The van der Waals surface area contributed by atoms with Crippen LogP contribution in [0.2, 0.25) is 0 Å². The van der Waals surface area contributed by atoms with Crippen LogP contribution in [0.4, 0.5) is 13.2 Å². The van der Waals surface area contributed by atoms with Crippen LogP contribution in [0, 0.1) is 17.5 Å². The summed E-state index contributed by atoms with van der Waals surface area (Å²) in [5.41, 5.74) is -0.206. The van der Waals surface area contributed by atoms with Gasteiger partial charge in [0, 0.05) is 11.1 Å². The molecule has 0 aliphatic rings. The van der Waals surface area contributed by atoms with Crippen molar-refractivity contribution in [3.05, 3.63) is 58.9 Å². The second-order valence-electron chi connectivity index (χ2n) is 4.25. The Balaban J connectivity index is 2.55. The minimum atomic E-state index is -1.63. The minimum Gasteiger partial charge on any atom is -0.493 e. The summed E-state index contributed by atoms with van der Waals surface area (Å²) in [4.78, 5) is 0. The van der Waals surface area contributed by atoms with E-state index in [0.29, 0.717) is 5.75 Å². The maximum atomic E-state index is 13.8. The lowest BCUT2D eigenvalue weighted by Gasteiger charge is -2.18. The molecule has 0 spiro atoms. The molecule has 1 unspecified atom stereocenters. The highest BCUT2D eigenvalue weighted by atomic mass is 19.2. The molecule has 1 atom stereocenters. The van der Waals surface area contributed by atoms with Crippen LogP contribution < -0.4 is 9.47 Å². The Hall–Kier alpha value is -2.21. The van der Waals surface area contributed by atoms with Crippen molar-refractivity contribution in [1.82, 2.24) is 0 Å². The summed E-state index contributed by atoms with van der Waals surface area (Å²) in [5, 5.41) is 10.3. The molecule has 112 valence electrons. The lowest BCUT2D eigenvalue weighted by atomic mass is 9.99. The normalized spacial score (nSPS) is 12.1. The maximum absolute atomic E-state index is 13.8. The highest BCUT2D eigenvalue weighted by molar-refractivity contribution is 5.50. The second kappa shape index (κ2) is 6.05. The average Bonchev–Trinajstić information content (AvgIpc) is 2.51. The maximum Gasteiger partial charge on any atom is 0.194 e. The fourth-order valence-electron chi connectivity index (χ4n) is 2.05. The van der Waals surface area contributed by atoms with Crippen molar-refractivity contribution in [2.24, 2.45) is 0 Å². The summed E-state index contributed by atoms with van der Waals surface area (Å²) in [6.45, 7) is 0. The van der Waals surface area contributed by atoms with Gasteiger partial charge in [-0.1, -0.05) is 18.2 Å². The van der Waals surface area contributed by atoms with Gasteiger partial charge in [0.05, 0.1) is 14.2 Å². The molecule has 0 aliphatic heterocycles. The smallest absolute Gasteiger partial charge is 0.194 e. The van der Waals surface area contributed by atoms with E-state index in [-0.39, 0.29) is 16.9 Å². The first-order chi connectivity index (χ1) is 10.0. The molecule has 6 heteroatoms. The Bertz CT molecular complexity index is 659. The number of methoxy groups -OCH3 is 2. The zero-order valence-corrected chi connectivity index (χ0v) is 11.4.